The molecule has 21 heavy (non-hydrogen) atoms. The van der Waals surface area contributed by atoms with Gasteiger partial charge in [-0.25, -0.2) is 4.79 Å². The third-order valence-corrected chi connectivity index (χ3v) is 3.61. The number of esters is 1. The van der Waals surface area contributed by atoms with Crippen LogP contribution in [0.5, 0.6) is 0 Å². The first-order valence-electron chi connectivity index (χ1n) is 6.89. The van der Waals surface area contributed by atoms with E-state index in [9.17, 15) is 9.59 Å². The average molecular weight is 285 g/mol. The molecule has 4 nitrogen and oxygen atoms in total. The van der Waals surface area contributed by atoms with E-state index in [1.54, 1.807) is 17.9 Å². The molecule has 1 heterocycles. The zero-order valence-corrected chi connectivity index (χ0v) is 12.8. The Balaban J connectivity index is 2.52. The molecule has 0 atom stereocenters. The van der Waals surface area contributed by atoms with Crippen LogP contribution in [0, 0.1) is 6.92 Å². The van der Waals surface area contributed by atoms with Crippen LogP contribution < -0.4 is 0 Å². The molecule has 110 valence electrons. The number of ether oxygens (including phenoxy) is 1. The Bertz CT molecular complexity index is 639. The Morgan fingerprint density at radius 2 is 1.86 bits per heavy atom. The van der Waals surface area contributed by atoms with Crippen molar-refractivity contribution >= 4 is 18.0 Å². The predicted molar refractivity (Wildman–Crippen MR) is 81.3 cm³/mol. The molecule has 0 spiro atoms. The summed E-state index contributed by atoms with van der Waals surface area (Å²) in [6, 6.07) is 7.79. The van der Waals surface area contributed by atoms with E-state index in [-0.39, 0.29) is 5.91 Å². The molecule has 1 aliphatic heterocycles. The zero-order chi connectivity index (χ0) is 15.6. The van der Waals surface area contributed by atoms with E-state index >= 15 is 0 Å². The standard InChI is InChI=1S/C17H19NO3/c1-5-18-12(3)15(17(20)21-4)14(16(18)19)10-13-8-6-11(2)7-9-13/h6-10H,5H2,1-4H3/b14-10-. The number of carbonyl (C=O) groups excluding carboxylic acids is 2. The van der Waals surface area contributed by atoms with Crippen molar-refractivity contribution in [3.8, 4) is 0 Å². The fourth-order valence-electron chi connectivity index (χ4n) is 2.44. The van der Waals surface area contributed by atoms with Gasteiger partial charge in [-0.3, -0.25) is 4.79 Å². The maximum absolute atomic E-state index is 12.5. The number of methoxy groups -OCH3 is 1. The average Bonchev–Trinajstić information content (AvgIpc) is 2.71. The first-order chi connectivity index (χ1) is 9.99. The lowest BCUT2D eigenvalue weighted by Crippen LogP contribution is -2.24. The van der Waals surface area contributed by atoms with Crippen LogP contribution in [0.25, 0.3) is 6.08 Å². The molecule has 1 amide bonds. The highest BCUT2D eigenvalue weighted by Crippen LogP contribution is 2.31. The lowest BCUT2D eigenvalue weighted by molar-refractivity contribution is -0.136. The maximum Gasteiger partial charge on any atom is 0.340 e. The van der Waals surface area contributed by atoms with Crippen LogP contribution in [0.15, 0.2) is 41.1 Å². The minimum absolute atomic E-state index is 0.157. The Labute approximate surface area is 124 Å². The van der Waals surface area contributed by atoms with Crippen molar-refractivity contribution in [3.05, 3.63) is 52.2 Å². The number of allylic oxidation sites excluding steroid dienone is 1. The number of aryl methyl sites for hydroxylation is 1. The lowest BCUT2D eigenvalue weighted by Gasteiger charge is -2.14. The summed E-state index contributed by atoms with van der Waals surface area (Å²) >= 11 is 0. The number of benzene rings is 1. The van der Waals surface area contributed by atoms with Crippen molar-refractivity contribution < 1.29 is 14.3 Å². The number of nitrogens with zero attached hydrogens (tertiary/aromatic N) is 1. The van der Waals surface area contributed by atoms with Gasteiger partial charge in [-0.15, -0.1) is 0 Å². The summed E-state index contributed by atoms with van der Waals surface area (Å²) in [6.07, 6.45) is 1.74. The van der Waals surface area contributed by atoms with Gasteiger partial charge in [0.1, 0.15) is 0 Å². The topological polar surface area (TPSA) is 46.6 Å². The quantitative estimate of drug-likeness (QED) is 0.633. The molecule has 2 rings (SSSR count). The van der Waals surface area contributed by atoms with Gasteiger partial charge in [-0.05, 0) is 32.4 Å². The Hall–Kier alpha value is -2.36. The number of amides is 1. The van der Waals surface area contributed by atoms with Crippen LogP contribution in [0.2, 0.25) is 0 Å². The molecule has 1 aliphatic rings. The highest BCUT2D eigenvalue weighted by atomic mass is 16.5. The monoisotopic (exact) mass is 285 g/mol. The lowest BCUT2D eigenvalue weighted by atomic mass is 10.0. The van der Waals surface area contributed by atoms with Gasteiger partial charge in [0.2, 0.25) is 0 Å². The van der Waals surface area contributed by atoms with Crippen molar-refractivity contribution in [3.63, 3.8) is 0 Å². The number of carbonyl (C=O) groups is 2. The van der Waals surface area contributed by atoms with Gasteiger partial charge >= 0.3 is 5.97 Å². The van der Waals surface area contributed by atoms with Crippen LogP contribution in [0.3, 0.4) is 0 Å². The summed E-state index contributed by atoms with van der Waals surface area (Å²) in [5.74, 6) is -0.633. The summed E-state index contributed by atoms with van der Waals surface area (Å²) in [7, 11) is 1.32. The maximum atomic E-state index is 12.5. The second-order valence-corrected chi connectivity index (χ2v) is 4.97. The summed E-state index contributed by atoms with van der Waals surface area (Å²) in [5, 5.41) is 0. The molecule has 0 fully saturated rings. The van der Waals surface area contributed by atoms with Gasteiger partial charge in [-0.1, -0.05) is 29.8 Å². The van der Waals surface area contributed by atoms with E-state index in [4.69, 9.17) is 4.74 Å². The highest BCUT2D eigenvalue weighted by Gasteiger charge is 2.35. The molecule has 4 heteroatoms. The Morgan fingerprint density at radius 3 is 2.38 bits per heavy atom. The molecule has 0 unspecified atom stereocenters. The molecular weight excluding hydrogens is 266 g/mol. The van der Waals surface area contributed by atoms with E-state index in [1.165, 1.54) is 7.11 Å². The fourth-order valence-corrected chi connectivity index (χ4v) is 2.44. The molecule has 0 N–H and O–H groups in total. The molecule has 0 saturated carbocycles. The summed E-state index contributed by atoms with van der Waals surface area (Å²) in [6.45, 7) is 6.17. The van der Waals surface area contributed by atoms with E-state index in [1.807, 2.05) is 38.1 Å². The summed E-state index contributed by atoms with van der Waals surface area (Å²) in [4.78, 5) is 26.0. The largest absolute Gasteiger partial charge is 0.465 e. The van der Waals surface area contributed by atoms with Crippen molar-refractivity contribution in [1.82, 2.24) is 4.90 Å². The van der Waals surface area contributed by atoms with Crippen LogP contribution in [-0.4, -0.2) is 30.4 Å². The Morgan fingerprint density at radius 1 is 1.24 bits per heavy atom. The van der Waals surface area contributed by atoms with Crippen LogP contribution in [0.1, 0.15) is 25.0 Å². The van der Waals surface area contributed by atoms with Gasteiger partial charge in [0.05, 0.1) is 18.3 Å². The smallest absolute Gasteiger partial charge is 0.340 e. The second kappa shape index (κ2) is 5.95. The van der Waals surface area contributed by atoms with E-state index in [0.29, 0.717) is 23.4 Å². The molecule has 0 aromatic heterocycles. The van der Waals surface area contributed by atoms with Crippen molar-refractivity contribution in [2.75, 3.05) is 13.7 Å². The van der Waals surface area contributed by atoms with Crippen LogP contribution in [0.4, 0.5) is 0 Å². The fraction of sp³-hybridized carbons (Fsp3) is 0.294. The minimum Gasteiger partial charge on any atom is -0.465 e. The SMILES string of the molecule is CCN1C(=O)/C(=C\c2ccc(C)cc2)C(C(=O)OC)=C1C. The third-order valence-electron chi connectivity index (χ3n) is 3.61. The second-order valence-electron chi connectivity index (χ2n) is 4.97. The highest BCUT2D eigenvalue weighted by molar-refractivity contribution is 6.16. The van der Waals surface area contributed by atoms with E-state index < -0.39 is 5.97 Å². The van der Waals surface area contributed by atoms with Crippen LogP contribution >= 0.6 is 0 Å². The third kappa shape index (κ3) is 2.75. The first-order valence-corrected chi connectivity index (χ1v) is 6.89. The number of likely N-dealkylation sites (N-methyl/N-ethyl adjacent to an activating group) is 1. The molecule has 0 aliphatic carbocycles. The Kier molecular flexibility index (Phi) is 4.26. The van der Waals surface area contributed by atoms with Crippen molar-refractivity contribution in [1.29, 1.82) is 0 Å². The molecule has 0 saturated heterocycles. The molecule has 0 bridgehead atoms. The molecule has 1 aromatic carbocycles. The molecular formula is C17H19NO3. The first kappa shape index (κ1) is 15.0. The van der Waals surface area contributed by atoms with Crippen LogP contribution in [-0.2, 0) is 14.3 Å². The molecule has 1 aromatic rings. The normalized spacial score (nSPS) is 16.9. The van der Waals surface area contributed by atoms with Gasteiger partial charge in [0.25, 0.3) is 5.91 Å². The van der Waals surface area contributed by atoms with Gasteiger partial charge in [-0.2, -0.15) is 0 Å². The van der Waals surface area contributed by atoms with Crippen molar-refractivity contribution in [2.45, 2.75) is 20.8 Å². The summed E-state index contributed by atoms with van der Waals surface area (Å²) < 4.78 is 4.82. The summed E-state index contributed by atoms with van der Waals surface area (Å²) in [5.41, 5.74) is 3.42. The van der Waals surface area contributed by atoms with Gasteiger partial charge in [0.15, 0.2) is 0 Å². The van der Waals surface area contributed by atoms with Crippen molar-refractivity contribution in [2.24, 2.45) is 0 Å². The van der Waals surface area contributed by atoms with E-state index in [2.05, 4.69) is 0 Å². The minimum atomic E-state index is -0.477. The zero-order valence-electron chi connectivity index (χ0n) is 12.8. The number of hydrogen-bond acceptors (Lipinski definition) is 3. The molecule has 0 radical (unpaired) electrons. The van der Waals surface area contributed by atoms with E-state index in [0.717, 1.165) is 11.1 Å². The van der Waals surface area contributed by atoms with Gasteiger partial charge < -0.3 is 9.64 Å². The van der Waals surface area contributed by atoms with Gasteiger partial charge in [0, 0.05) is 12.2 Å². The number of hydrogen-bond donors (Lipinski definition) is 0. The predicted octanol–water partition coefficient (Wildman–Crippen LogP) is 2.69. The number of rotatable bonds is 3.